The maximum absolute atomic E-state index is 11.9. The smallest absolute Gasteiger partial charge is 0.317 e. The highest BCUT2D eigenvalue weighted by molar-refractivity contribution is 5.73. The van der Waals surface area contributed by atoms with Gasteiger partial charge in [-0.05, 0) is 30.7 Å². The molecule has 2 amide bonds. The first-order valence-corrected chi connectivity index (χ1v) is 6.85. The topological polar surface area (TPSA) is 32.3 Å². The van der Waals surface area contributed by atoms with Crippen molar-refractivity contribution >= 4 is 6.03 Å². The van der Waals surface area contributed by atoms with E-state index in [0.29, 0.717) is 19.0 Å². The lowest BCUT2D eigenvalue weighted by atomic mass is 9.99. The molecule has 1 atom stereocenters. The number of urea groups is 1. The summed E-state index contributed by atoms with van der Waals surface area (Å²) in [6, 6.07) is 9.94. The van der Waals surface area contributed by atoms with Gasteiger partial charge in [-0.3, -0.25) is 0 Å². The van der Waals surface area contributed by atoms with Crippen LogP contribution in [-0.2, 0) is 6.54 Å². The van der Waals surface area contributed by atoms with Gasteiger partial charge in [-0.25, -0.2) is 4.79 Å². The molecule has 3 heteroatoms. The lowest BCUT2D eigenvalue weighted by molar-refractivity contribution is 0.205. The summed E-state index contributed by atoms with van der Waals surface area (Å²) in [6.07, 6.45) is 1.03. The van der Waals surface area contributed by atoms with Gasteiger partial charge in [0.25, 0.3) is 0 Å². The molecule has 0 bridgehead atoms. The predicted octanol–water partition coefficient (Wildman–Crippen LogP) is 3.32. The summed E-state index contributed by atoms with van der Waals surface area (Å²) in [6.45, 7) is 9.66. The molecule has 19 heavy (non-hydrogen) atoms. The molecule has 0 aliphatic heterocycles. The summed E-state index contributed by atoms with van der Waals surface area (Å²) in [7, 11) is 1.81. The van der Waals surface area contributed by atoms with Crippen LogP contribution in [0.2, 0.25) is 0 Å². The van der Waals surface area contributed by atoms with Crippen LogP contribution in [-0.4, -0.2) is 24.5 Å². The van der Waals surface area contributed by atoms with Crippen LogP contribution in [0.25, 0.3) is 0 Å². The molecule has 0 aliphatic rings. The van der Waals surface area contributed by atoms with Gasteiger partial charge in [0.15, 0.2) is 0 Å². The van der Waals surface area contributed by atoms with Crippen LogP contribution < -0.4 is 5.32 Å². The predicted molar refractivity (Wildman–Crippen MR) is 79.6 cm³/mol. The number of rotatable bonds is 6. The van der Waals surface area contributed by atoms with E-state index in [4.69, 9.17) is 0 Å². The molecular weight excluding hydrogens is 236 g/mol. The molecule has 0 aromatic heterocycles. The van der Waals surface area contributed by atoms with E-state index in [2.05, 4.69) is 26.1 Å². The number of benzene rings is 1. The fourth-order valence-corrected chi connectivity index (χ4v) is 2.05. The van der Waals surface area contributed by atoms with E-state index in [1.807, 2.05) is 37.4 Å². The summed E-state index contributed by atoms with van der Waals surface area (Å²) in [4.78, 5) is 13.6. The standard InChI is InChI=1S/C16H25N2O/c1-13(2)10-14(3)11-17-16(19)18(4)12-15-8-6-5-7-9-15/h5-9,13-14H,3,10-12H2,1-2,4H3,(H,17,19). The minimum atomic E-state index is -0.0405. The molecule has 1 aromatic carbocycles. The van der Waals surface area contributed by atoms with Crippen molar-refractivity contribution in [1.82, 2.24) is 10.2 Å². The van der Waals surface area contributed by atoms with Gasteiger partial charge in [-0.2, -0.15) is 0 Å². The Balaban J connectivity index is 2.33. The Bertz CT molecular complexity index is 376. The average Bonchev–Trinajstić information content (AvgIpc) is 2.36. The third-order valence-electron chi connectivity index (χ3n) is 2.96. The minimum Gasteiger partial charge on any atom is -0.338 e. The molecule has 0 spiro atoms. The number of nitrogens with zero attached hydrogens (tertiary/aromatic N) is 1. The van der Waals surface area contributed by atoms with Crippen molar-refractivity contribution in [2.24, 2.45) is 11.8 Å². The largest absolute Gasteiger partial charge is 0.338 e. The summed E-state index contributed by atoms with van der Waals surface area (Å²) in [5.74, 6) is 0.885. The number of carbonyl (C=O) groups excluding carboxylic acids is 1. The molecule has 1 unspecified atom stereocenters. The average molecular weight is 261 g/mol. The van der Waals surface area contributed by atoms with Gasteiger partial charge in [0.05, 0.1) is 0 Å². The molecule has 0 aliphatic carbocycles. The van der Waals surface area contributed by atoms with Crippen LogP contribution in [0.5, 0.6) is 0 Å². The highest BCUT2D eigenvalue weighted by Crippen LogP contribution is 2.09. The Kier molecular flexibility index (Phi) is 6.40. The van der Waals surface area contributed by atoms with Crippen molar-refractivity contribution in [3.8, 4) is 0 Å². The molecule has 1 aromatic rings. The van der Waals surface area contributed by atoms with Crippen LogP contribution in [0.3, 0.4) is 0 Å². The second-order valence-corrected chi connectivity index (χ2v) is 5.52. The molecule has 0 saturated heterocycles. The van der Waals surface area contributed by atoms with E-state index in [1.165, 1.54) is 0 Å². The number of nitrogens with one attached hydrogen (secondary N) is 1. The first-order chi connectivity index (χ1) is 8.99. The second-order valence-electron chi connectivity index (χ2n) is 5.52. The Labute approximate surface area is 117 Å². The fraction of sp³-hybridized carbons (Fsp3) is 0.500. The molecule has 1 N–H and O–H groups in total. The third kappa shape index (κ3) is 6.27. The van der Waals surface area contributed by atoms with Gasteiger partial charge in [-0.15, -0.1) is 0 Å². The van der Waals surface area contributed by atoms with Crippen molar-refractivity contribution in [1.29, 1.82) is 0 Å². The first kappa shape index (κ1) is 15.5. The zero-order chi connectivity index (χ0) is 14.3. The molecule has 0 fully saturated rings. The van der Waals surface area contributed by atoms with Crippen molar-refractivity contribution < 1.29 is 4.79 Å². The molecule has 105 valence electrons. The lowest BCUT2D eigenvalue weighted by Crippen LogP contribution is -2.39. The Morgan fingerprint density at radius 1 is 1.32 bits per heavy atom. The normalized spacial score (nSPS) is 12.3. The summed E-state index contributed by atoms with van der Waals surface area (Å²) < 4.78 is 0. The first-order valence-electron chi connectivity index (χ1n) is 6.85. The number of amides is 2. The van der Waals surface area contributed by atoms with E-state index < -0.39 is 0 Å². The van der Waals surface area contributed by atoms with E-state index in [1.54, 1.807) is 4.90 Å². The third-order valence-corrected chi connectivity index (χ3v) is 2.96. The zero-order valence-electron chi connectivity index (χ0n) is 12.2. The van der Waals surface area contributed by atoms with E-state index in [9.17, 15) is 4.79 Å². The van der Waals surface area contributed by atoms with E-state index in [0.717, 1.165) is 12.0 Å². The second kappa shape index (κ2) is 7.82. The minimum absolute atomic E-state index is 0.0405. The molecule has 1 rings (SSSR count). The van der Waals surface area contributed by atoms with Crippen LogP contribution in [0.1, 0.15) is 25.8 Å². The SMILES string of the molecule is [CH2]C(CNC(=O)N(C)Cc1ccccc1)CC(C)C. The van der Waals surface area contributed by atoms with Gasteiger partial charge in [0.1, 0.15) is 0 Å². The van der Waals surface area contributed by atoms with Gasteiger partial charge in [0, 0.05) is 20.1 Å². The molecular formula is C16H25N2O. The monoisotopic (exact) mass is 261 g/mol. The number of carbonyl (C=O) groups is 1. The number of hydrogen-bond donors (Lipinski definition) is 1. The van der Waals surface area contributed by atoms with E-state index >= 15 is 0 Å². The zero-order valence-corrected chi connectivity index (χ0v) is 12.2. The van der Waals surface area contributed by atoms with Crippen LogP contribution >= 0.6 is 0 Å². The van der Waals surface area contributed by atoms with Crippen molar-refractivity contribution in [2.75, 3.05) is 13.6 Å². The lowest BCUT2D eigenvalue weighted by Gasteiger charge is -2.20. The van der Waals surface area contributed by atoms with Crippen LogP contribution in [0.15, 0.2) is 30.3 Å². The quantitative estimate of drug-likeness (QED) is 0.837. The van der Waals surface area contributed by atoms with Gasteiger partial charge in [0.2, 0.25) is 0 Å². The van der Waals surface area contributed by atoms with Gasteiger partial charge < -0.3 is 10.2 Å². The van der Waals surface area contributed by atoms with Crippen molar-refractivity contribution in [2.45, 2.75) is 26.8 Å². The maximum atomic E-state index is 11.9. The van der Waals surface area contributed by atoms with Crippen molar-refractivity contribution in [3.63, 3.8) is 0 Å². The molecule has 0 saturated carbocycles. The summed E-state index contributed by atoms with van der Waals surface area (Å²) in [5, 5.41) is 2.93. The Morgan fingerprint density at radius 3 is 2.53 bits per heavy atom. The van der Waals surface area contributed by atoms with Crippen molar-refractivity contribution in [3.05, 3.63) is 42.8 Å². The fourth-order valence-electron chi connectivity index (χ4n) is 2.05. The maximum Gasteiger partial charge on any atom is 0.317 e. The Hall–Kier alpha value is -1.51. The Morgan fingerprint density at radius 2 is 1.95 bits per heavy atom. The molecule has 0 heterocycles. The highest BCUT2D eigenvalue weighted by atomic mass is 16.2. The number of hydrogen-bond acceptors (Lipinski definition) is 1. The van der Waals surface area contributed by atoms with Gasteiger partial charge in [-0.1, -0.05) is 44.2 Å². The van der Waals surface area contributed by atoms with Crippen LogP contribution in [0.4, 0.5) is 4.79 Å². The van der Waals surface area contributed by atoms with Crippen LogP contribution in [0, 0.1) is 18.8 Å². The molecule has 1 radical (unpaired) electrons. The molecule has 3 nitrogen and oxygen atoms in total. The highest BCUT2D eigenvalue weighted by Gasteiger charge is 2.11. The van der Waals surface area contributed by atoms with E-state index in [-0.39, 0.29) is 11.9 Å². The summed E-state index contributed by atoms with van der Waals surface area (Å²) in [5.41, 5.74) is 1.13. The summed E-state index contributed by atoms with van der Waals surface area (Å²) >= 11 is 0. The van der Waals surface area contributed by atoms with Gasteiger partial charge >= 0.3 is 6.03 Å².